The second-order valence-corrected chi connectivity index (χ2v) is 4.20. The average molecular weight is 256 g/mol. The molecule has 0 aromatic heterocycles. The topological polar surface area (TPSA) is 58.6 Å². The van der Waals surface area contributed by atoms with E-state index in [0.29, 0.717) is 19.7 Å². The minimum atomic E-state index is -0.347. The van der Waals surface area contributed by atoms with Gasteiger partial charge < -0.3 is 10.1 Å². The van der Waals surface area contributed by atoms with Crippen LogP contribution in [0.1, 0.15) is 27.7 Å². The Hall–Kier alpha value is -1.36. The van der Waals surface area contributed by atoms with Gasteiger partial charge in [0.15, 0.2) is 0 Å². The van der Waals surface area contributed by atoms with Crippen molar-refractivity contribution in [2.45, 2.75) is 33.7 Å². The lowest BCUT2D eigenvalue weighted by atomic mass is 10.3. The molecule has 0 rings (SSSR count). The fourth-order valence-corrected chi connectivity index (χ4v) is 1.36. The van der Waals surface area contributed by atoms with Gasteiger partial charge in [0.2, 0.25) is 5.91 Å². The molecule has 1 amide bonds. The third-order valence-electron chi connectivity index (χ3n) is 2.17. The van der Waals surface area contributed by atoms with Gasteiger partial charge in [-0.2, -0.15) is 0 Å². The van der Waals surface area contributed by atoms with Crippen molar-refractivity contribution in [2.75, 3.05) is 26.2 Å². The van der Waals surface area contributed by atoms with Crippen LogP contribution in [-0.4, -0.2) is 49.1 Å². The minimum absolute atomic E-state index is 0.00335. The lowest BCUT2D eigenvalue weighted by Crippen LogP contribution is -2.40. The average Bonchev–Trinajstić information content (AvgIpc) is 2.26. The predicted molar refractivity (Wildman–Crippen MR) is 71.2 cm³/mol. The lowest BCUT2D eigenvalue weighted by Gasteiger charge is -2.18. The zero-order chi connectivity index (χ0) is 14.0. The fraction of sp³-hybridized carbons (Fsp3) is 0.692. The van der Waals surface area contributed by atoms with E-state index in [2.05, 4.69) is 5.32 Å². The summed E-state index contributed by atoms with van der Waals surface area (Å²) in [7, 11) is 0. The van der Waals surface area contributed by atoms with E-state index in [1.165, 1.54) is 6.08 Å². The number of esters is 1. The van der Waals surface area contributed by atoms with Crippen LogP contribution in [0.5, 0.6) is 0 Å². The van der Waals surface area contributed by atoms with E-state index in [1.54, 1.807) is 13.0 Å². The molecule has 104 valence electrons. The van der Waals surface area contributed by atoms with Crippen LogP contribution in [0, 0.1) is 0 Å². The Labute approximate surface area is 109 Å². The summed E-state index contributed by atoms with van der Waals surface area (Å²) < 4.78 is 4.77. The van der Waals surface area contributed by atoms with Gasteiger partial charge in [-0.25, -0.2) is 4.79 Å². The Morgan fingerprint density at radius 3 is 2.50 bits per heavy atom. The first kappa shape index (κ1) is 16.6. The molecule has 0 atom stereocenters. The smallest absolute Gasteiger partial charge is 0.330 e. The molecule has 0 heterocycles. The number of hydrogen-bond acceptors (Lipinski definition) is 4. The normalized spacial score (nSPS) is 11.2. The number of carbonyl (C=O) groups excluding carboxylic acids is 2. The molecule has 0 aliphatic heterocycles. The summed E-state index contributed by atoms with van der Waals surface area (Å²) in [5.41, 5.74) is 0. The third-order valence-corrected chi connectivity index (χ3v) is 2.17. The molecule has 5 heteroatoms. The number of likely N-dealkylation sites (N-methyl/N-ethyl adjacent to an activating group) is 1. The minimum Gasteiger partial charge on any atom is -0.463 e. The second-order valence-electron chi connectivity index (χ2n) is 4.20. The van der Waals surface area contributed by atoms with E-state index < -0.39 is 0 Å². The van der Waals surface area contributed by atoms with E-state index in [-0.39, 0.29) is 17.9 Å². The second kappa shape index (κ2) is 9.65. The molecule has 0 aliphatic rings. The van der Waals surface area contributed by atoms with Gasteiger partial charge in [-0.05, 0) is 27.3 Å². The summed E-state index contributed by atoms with van der Waals surface area (Å²) in [6.45, 7) is 9.60. The van der Waals surface area contributed by atoms with Gasteiger partial charge >= 0.3 is 5.97 Å². The molecule has 0 fully saturated rings. The fourth-order valence-electron chi connectivity index (χ4n) is 1.36. The Bertz CT molecular complexity index is 288. The SMILES string of the molecule is CCOC(=O)/C=C/CN(CC)CC(=O)NC(C)C. The van der Waals surface area contributed by atoms with Gasteiger partial charge in [0, 0.05) is 18.7 Å². The van der Waals surface area contributed by atoms with Crippen molar-refractivity contribution in [1.29, 1.82) is 0 Å². The largest absolute Gasteiger partial charge is 0.463 e. The molecule has 0 saturated heterocycles. The molecule has 0 aliphatic carbocycles. The molecule has 0 spiro atoms. The number of ether oxygens (including phenoxy) is 1. The Balaban J connectivity index is 4.04. The van der Waals surface area contributed by atoms with Crippen molar-refractivity contribution in [2.24, 2.45) is 0 Å². The summed E-state index contributed by atoms with van der Waals surface area (Å²) in [6, 6.07) is 0.145. The maximum absolute atomic E-state index is 11.6. The predicted octanol–water partition coefficient (Wildman–Crippen LogP) is 0.952. The third kappa shape index (κ3) is 8.75. The highest BCUT2D eigenvalue weighted by molar-refractivity contribution is 5.82. The first-order valence-corrected chi connectivity index (χ1v) is 6.34. The van der Waals surface area contributed by atoms with Crippen LogP contribution in [0.2, 0.25) is 0 Å². The molecule has 0 saturated carbocycles. The van der Waals surface area contributed by atoms with Crippen molar-refractivity contribution in [3.8, 4) is 0 Å². The van der Waals surface area contributed by atoms with Crippen molar-refractivity contribution >= 4 is 11.9 Å². The highest BCUT2D eigenvalue weighted by Crippen LogP contribution is 1.91. The van der Waals surface area contributed by atoms with Crippen LogP contribution in [0.15, 0.2) is 12.2 Å². The number of nitrogens with zero attached hydrogens (tertiary/aromatic N) is 1. The summed E-state index contributed by atoms with van der Waals surface area (Å²) in [5.74, 6) is -0.350. The van der Waals surface area contributed by atoms with Gasteiger partial charge in [0.05, 0.1) is 13.2 Å². The van der Waals surface area contributed by atoms with Crippen molar-refractivity contribution in [1.82, 2.24) is 10.2 Å². The van der Waals surface area contributed by atoms with Gasteiger partial charge in [-0.15, -0.1) is 0 Å². The Kier molecular flexibility index (Phi) is 8.92. The number of carbonyl (C=O) groups is 2. The van der Waals surface area contributed by atoms with Crippen LogP contribution in [0.3, 0.4) is 0 Å². The number of rotatable bonds is 8. The quantitative estimate of drug-likeness (QED) is 0.519. The summed E-state index contributed by atoms with van der Waals surface area (Å²) >= 11 is 0. The number of hydrogen-bond donors (Lipinski definition) is 1. The number of amides is 1. The standard InChI is InChI=1S/C13H24N2O3/c1-5-15(10-12(16)14-11(3)4)9-7-8-13(17)18-6-2/h7-8,11H,5-6,9-10H2,1-4H3,(H,14,16)/b8-7+. The number of nitrogens with one attached hydrogen (secondary N) is 1. The molecular formula is C13H24N2O3. The molecule has 1 N–H and O–H groups in total. The van der Waals surface area contributed by atoms with E-state index >= 15 is 0 Å². The van der Waals surface area contributed by atoms with Gasteiger partial charge in [0.25, 0.3) is 0 Å². The Morgan fingerprint density at radius 1 is 1.33 bits per heavy atom. The zero-order valence-electron chi connectivity index (χ0n) is 11.7. The molecule has 0 aromatic carbocycles. The monoisotopic (exact) mass is 256 g/mol. The van der Waals surface area contributed by atoms with E-state index in [1.807, 2.05) is 25.7 Å². The maximum Gasteiger partial charge on any atom is 0.330 e. The zero-order valence-corrected chi connectivity index (χ0v) is 11.7. The van der Waals surface area contributed by atoms with Gasteiger partial charge in [-0.3, -0.25) is 9.69 Å². The summed E-state index contributed by atoms with van der Waals surface area (Å²) in [4.78, 5) is 24.6. The van der Waals surface area contributed by atoms with Crippen molar-refractivity contribution < 1.29 is 14.3 Å². The van der Waals surface area contributed by atoms with Crippen molar-refractivity contribution in [3.05, 3.63) is 12.2 Å². The highest BCUT2D eigenvalue weighted by Gasteiger charge is 2.08. The summed E-state index contributed by atoms with van der Waals surface area (Å²) in [6.07, 6.45) is 3.11. The molecule has 18 heavy (non-hydrogen) atoms. The van der Waals surface area contributed by atoms with Crippen LogP contribution in [0.25, 0.3) is 0 Å². The van der Waals surface area contributed by atoms with Crippen LogP contribution in [-0.2, 0) is 14.3 Å². The molecule has 0 unspecified atom stereocenters. The molecule has 0 bridgehead atoms. The Morgan fingerprint density at radius 2 is 2.00 bits per heavy atom. The van der Waals surface area contributed by atoms with Crippen LogP contribution < -0.4 is 5.32 Å². The van der Waals surface area contributed by atoms with Crippen LogP contribution >= 0.6 is 0 Å². The molecular weight excluding hydrogens is 232 g/mol. The molecule has 5 nitrogen and oxygen atoms in total. The first-order chi connectivity index (χ1) is 8.49. The molecule has 0 aromatic rings. The highest BCUT2D eigenvalue weighted by atomic mass is 16.5. The molecule has 0 radical (unpaired) electrons. The van der Waals surface area contributed by atoms with E-state index in [4.69, 9.17) is 4.74 Å². The van der Waals surface area contributed by atoms with E-state index in [9.17, 15) is 9.59 Å². The first-order valence-electron chi connectivity index (χ1n) is 6.34. The van der Waals surface area contributed by atoms with Gasteiger partial charge in [0.1, 0.15) is 0 Å². The summed E-state index contributed by atoms with van der Waals surface area (Å²) in [5, 5.41) is 2.83. The lowest BCUT2D eigenvalue weighted by molar-refractivity contribution is -0.137. The van der Waals surface area contributed by atoms with E-state index in [0.717, 1.165) is 6.54 Å². The van der Waals surface area contributed by atoms with Crippen molar-refractivity contribution in [3.63, 3.8) is 0 Å². The van der Waals surface area contributed by atoms with Crippen LogP contribution in [0.4, 0.5) is 0 Å². The maximum atomic E-state index is 11.6. The van der Waals surface area contributed by atoms with Gasteiger partial charge in [-0.1, -0.05) is 13.0 Å².